The number of hydrogen-bond acceptors (Lipinski definition) is 1. The molecule has 1 nitrogen and oxygen atoms in total. The van der Waals surface area contributed by atoms with E-state index in [2.05, 4.69) is 3.53 Å². The molecule has 0 saturated carbocycles. The first-order valence-electron chi connectivity index (χ1n) is 0.689. The second kappa shape index (κ2) is 8.82. The molecule has 0 aliphatic rings. The monoisotopic (exact) mass is 369 g/mol. The van der Waals surface area contributed by atoms with Gasteiger partial charge in [-0.15, -0.1) is 0 Å². The molecule has 0 radical (unpaired) electrons. The predicted molar refractivity (Wildman–Crippen MR) is 33.0 cm³/mol. The van der Waals surface area contributed by atoms with Crippen LogP contribution < -0.4 is 3.53 Å². The summed E-state index contributed by atoms with van der Waals surface area (Å²) in [5.41, 5.74) is 0. The van der Waals surface area contributed by atoms with Gasteiger partial charge in [0.25, 0.3) is 0 Å². The molecule has 0 bridgehead atoms. The number of halogens is 1. The molecule has 0 aliphatic carbocycles. The zero-order valence-electron chi connectivity index (χ0n) is 2.59. The summed E-state index contributed by atoms with van der Waals surface area (Å²) < 4.78 is 2.72. The van der Waals surface area contributed by atoms with Crippen LogP contribution in [0, 0.1) is 0 Å². The number of nitrogens with one attached hydrogen (secondary N) is 1. The molecule has 0 saturated heterocycles. The molecule has 28 valence electrons. The van der Waals surface area contributed by atoms with Gasteiger partial charge in [0.2, 0.25) is 0 Å². The van der Waals surface area contributed by atoms with Crippen LogP contribution in [0.4, 0.5) is 0 Å². The van der Waals surface area contributed by atoms with Crippen molar-refractivity contribution in [1.29, 1.82) is 0 Å². The molecule has 0 atom stereocenters. The summed E-state index contributed by atoms with van der Waals surface area (Å²) in [6.45, 7) is 0. The Hall–Kier alpha value is 1.57. The van der Waals surface area contributed by atoms with E-state index in [0.29, 0.717) is 0 Å². The van der Waals surface area contributed by atoms with Gasteiger partial charge in [-0.05, 0) is 7.05 Å². The molecule has 0 rings (SSSR count). The summed E-state index contributed by atoms with van der Waals surface area (Å²) in [6.07, 6.45) is 0. The van der Waals surface area contributed by atoms with Gasteiger partial charge < -0.3 is 0 Å². The second-order valence-electron chi connectivity index (χ2n) is 0.189. The Kier molecular flexibility index (Phi) is 20.1. The van der Waals surface area contributed by atoms with Crippen molar-refractivity contribution >= 4 is 49.1 Å². The van der Waals surface area contributed by atoms with E-state index in [1.807, 2.05) is 29.9 Å². The molecule has 0 fully saturated rings. The summed E-state index contributed by atoms with van der Waals surface area (Å²) >= 11 is 2.04. The summed E-state index contributed by atoms with van der Waals surface area (Å²) in [5, 5.41) is 0. The van der Waals surface area contributed by atoms with E-state index in [0.717, 1.165) is 0 Å². The van der Waals surface area contributed by atoms with Gasteiger partial charge in [0.15, 0.2) is 0 Å². The van der Waals surface area contributed by atoms with Gasteiger partial charge in [0, 0.05) is 22.9 Å². The van der Waals surface area contributed by atoms with Gasteiger partial charge in [-0.2, -0.15) is 0 Å². The Bertz CT molecular complexity index is 8.00. The normalized spacial score (nSPS) is 4.50. The molecule has 0 aromatic rings. The van der Waals surface area contributed by atoms with Crippen LogP contribution in [-0.4, -0.2) is 33.3 Å². The van der Waals surface area contributed by atoms with Crippen molar-refractivity contribution in [2.75, 3.05) is 7.05 Å². The Morgan fingerprint density at radius 2 is 1.75 bits per heavy atom. The van der Waals surface area contributed by atoms with E-state index in [1.165, 1.54) is 0 Å². The molecule has 0 aromatic heterocycles. The van der Waals surface area contributed by atoms with Crippen LogP contribution in [0.3, 0.4) is 0 Å². The van der Waals surface area contributed by atoms with Crippen LogP contribution in [0.2, 0.25) is 0 Å². The summed E-state index contributed by atoms with van der Waals surface area (Å²) in [5.74, 6) is 0. The maximum absolute atomic E-state index is 2.72. The Morgan fingerprint density at radius 1 is 1.75 bits per heavy atom. The van der Waals surface area contributed by atoms with Crippen LogP contribution in [-0.2, 0) is 0 Å². The molecule has 0 aromatic carbocycles. The van der Waals surface area contributed by atoms with Crippen LogP contribution in [0.25, 0.3) is 0 Å². The van der Waals surface area contributed by atoms with Crippen molar-refractivity contribution in [2.45, 2.75) is 0 Å². The third kappa shape index (κ3) is 9.56. The van der Waals surface area contributed by atoms with Crippen LogP contribution in [0.15, 0.2) is 0 Å². The zero-order chi connectivity index (χ0) is 2.71. The third-order valence-electron chi connectivity index (χ3n) is 0. The minimum absolute atomic E-state index is 0. The molecule has 0 heterocycles. The van der Waals surface area contributed by atoms with Gasteiger partial charge >= 0.3 is 26.2 Å². The molecular weight excluding hydrogens is 362 g/mol. The molecule has 3 heteroatoms. The van der Waals surface area contributed by atoms with Gasteiger partial charge in [-0.25, -0.2) is 0 Å². The van der Waals surface area contributed by atoms with Gasteiger partial charge in [0.1, 0.15) is 0 Å². The van der Waals surface area contributed by atoms with Crippen molar-refractivity contribution in [3.8, 4) is 0 Å². The van der Waals surface area contributed by atoms with E-state index >= 15 is 0 Å². The summed E-state index contributed by atoms with van der Waals surface area (Å²) in [6, 6.07) is 0. The third-order valence-corrected chi connectivity index (χ3v) is 0. The SMILES string of the molecule is CNI.[BiH3]. The fourth-order valence-electron chi connectivity index (χ4n) is 0. The molecule has 0 aliphatic heterocycles. The van der Waals surface area contributed by atoms with E-state index in [1.54, 1.807) is 0 Å². The average Bonchev–Trinajstić information content (AvgIpc) is 0.918. The molecule has 4 heavy (non-hydrogen) atoms. The predicted octanol–water partition coefficient (Wildman–Crippen LogP) is -0.628. The standard InChI is InChI=1S/CH4IN.Bi.3H/c1-3-2;;;;/h3H,1H3;;;;. The van der Waals surface area contributed by atoms with Crippen LogP contribution in [0.1, 0.15) is 0 Å². The van der Waals surface area contributed by atoms with Crippen molar-refractivity contribution < 1.29 is 0 Å². The van der Waals surface area contributed by atoms with Gasteiger partial charge in [-0.1, -0.05) is 0 Å². The molecule has 0 unspecified atom stereocenters. The van der Waals surface area contributed by atoms with E-state index in [4.69, 9.17) is 0 Å². The number of hydrogen-bond donors (Lipinski definition) is 1. The first-order valence-corrected chi connectivity index (χ1v) is 1.77. The fraction of sp³-hybridized carbons (Fsp3) is 1.00. The molecule has 0 spiro atoms. The van der Waals surface area contributed by atoms with Crippen LogP contribution in [0.5, 0.6) is 0 Å². The zero-order valence-corrected chi connectivity index (χ0v) is 10.2. The average molecular weight is 369 g/mol. The van der Waals surface area contributed by atoms with Crippen molar-refractivity contribution in [1.82, 2.24) is 3.53 Å². The van der Waals surface area contributed by atoms with E-state index in [9.17, 15) is 0 Å². The topological polar surface area (TPSA) is 12.0 Å². The first kappa shape index (κ1) is 9.13. The Morgan fingerprint density at radius 3 is 1.75 bits per heavy atom. The second-order valence-corrected chi connectivity index (χ2v) is 1.27. The quantitative estimate of drug-likeness (QED) is 0.341. The summed E-state index contributed by atoms with van der Waals surface area (Å²) in [4.78, 5) is 0. The molecule has 1 N–H and O–H groups in total. The van der Waals surface area contributed by atoms with E-state index in [-0.39, 0.29) is 26.2 Å². The maximum atomic E-state index is 2.72. The Labute approximate surface area is 59.2 Å². The first-order chi connectivity index (χ1) is 1.41. The van der Waals surface area contributed by atoms with E-state index < -0.39 is 0 Å². The molecular formula is CH7BiIN. The van der Waals surface area contributed by atoms with Crippen molar-refractivity contribution in [2.24, 2.45) is 0 Å². The number of rotatable bonds is 0. The van der Waals surface area contributed by atoms with Crippen molar-refractivity contribution in [3.63, 3.8) is 0 Å². The fourth-order valence-corrected chi connectivity index (χ4v) is 0. The van der Waals surface area contributed by atoms with Crippen LogP contribution >= 0.6 is 22.9 Å². The van der Waals surface area contributed by atoms with Crippen molar-refractivity contribution in [3.05, 3.63) is 0 Å². The Balaban J connectivity index is 0. The summed E-state index contributed by atoms with van der Waals surface area (Å²) in [7, 11) is 1.86. The van der Waals surface area contributed by atoms with Gasteiger partial charge in [-0.3, -0.25) is 3.53 Å². The minimum atomic E-state index is 0. The molecule has 0 amide bonds. The van der Waals surface area contributed by atoms with Gasteiger partial charge in [0.05, 0.1) is 0 Å².